The van der Waals surface area contributed by atoms with Gasteiger partial charge in [0, 0.05) is 4.88 Å². The largest absolute Gasteiger partial charge is 0.484 e. The number of hydrogen-bond donors (Lipinski definition) is 2. The quantitative estimate of drug-likeness (QED) is 0.744. The summed E-state index contributed by atoms with van der Waals surface area (Å²) in [4.78, 5) is 25.9. The van der Waals surface area contributed by atoms with Crippen LogP contribution in [0.15, 0.2) is 30.3 Å². The van der Waals surface area contributed by atoms with E-state index in [-0.39, 0.29) is 12.5 Å². The molecular formula is C19H24N2O3S. The summed E-state index contributed by atoms with van der Waals surface area (Å²) in [7, 11) is 0. The Hall–Kier alpha value is -2.34. The highest BCUT2D eigenvalue weighted by Gasteiger charge is 2.14. The normalized spacial score (nSPS) is 10.4. The molecule has 5 nitrogen and oxygen atoms in total. The predicted molar refractivity (Wildman–Crippen MR) is 100.0 cm³/mol. The van der Waals surface area contributed by atoms with Gasteiger partial charge in [-0.15, -0.1) is 11.3 Å². The van der Waals surface area contributed by atoms with Crippen LogP contribution in [0.3, 0.4) is 0 Å². The van der Waals surface area contributed by atoms with E-state index in [1.807, 2.05) is 31.2 Å². The molecule has 0 aliphatic rings. The van der Waals surface area contributed by atoms with Gasteiger partial charge in [-0.1, -0.05) is 32.4 Å². The van der Waals surface area contributed by atoms with Gasteiger partial charge in [-0.05, 0) is 49.1 Å². The van der Waals surface area contributed by atoms with Gasteiger partial charge in [-0.2, -0.15) is 0 Å². The maximum Gasteiger partial charge on any atom is 0.279 e. The van der Waals surface area contributed by atoms with E-state index in [4.69, 9.17) is 4.74 Å². The third kappa shape index (κ3) is 5.60. The van der Waals surface area contributed by atoms with Crippen molar-refractivity contribution >= 4 is 23.2 Å². The molecule has 0 aliphatic carbocycles. The van der Waals surface area contributed by atoms with Crippen molar-refractivity contribution in [3.63, 3.8) is 0 Å². The highest BCUT2D eigenvalue weighted by molar-refractivity contribution is 7.14. The minimum atomic E-state index is -0.407. The van der Waals surface area contributed by atoms with Gasteiger partial charge in [-0.25, -0.2) is 0 Å². The first-order chi connectivity index (χ1) is 12.0. The van der Waals surface area contributed by atoms with Crippen LogP contribution in [0, 0.1) is 6.92 Å². The smallest absolute Gasteiger partial charge is 0.279 e. The number of thiophene rings is 1. The average molecular weight is 360 g/mol. The monoisotopic (exact) mass is 360 g/mol. The number of ether oxygens (including phenoxy) is 1. The van der Waals surface area contributed by atoms with Crippen LogP contribution in [0.1, 0.15) is 45.9 Å². The second-order valence-electron chi connectivity index (χ2n) is 5.77. The Morgan fingerprint density at radius 1 is 1.16 bits per heavy atom. The minimum Gasteiger partial charge on any atom is -0.484 e. The molecule has 0 unspecified atom stereocenters. The minimum absolute atomic E-state index is 0.157. The van der Waals surface area contributed by atoms with Crippen molar-refractivity contribution in [3.8, 4) is 5.75 Å². The van der Waals surface area contributed by atoms with E-state index >= 15 is 0 Å². The van der Waals surface area contributed by atoms with Gasteiger partial charge in [0.2, 0.25) is 0 Å². The third-order valence-corrected chi connectivity index (χ3v) is 4.89. The number of hydrazine groups is 1. The van der Waals surface area contributed by atoms with Crippen molar-refractivity contribution < 1.29 is 14.3 Å². The lowest BCUT2D eigenvalue weighted by atomic mass is 10.1. The first-order valence-corrected chi connectivity index (χ1v) is 9.25. The second kappa shape index (κ2) is 9.22. The van der Waals surface area contributed by atoms with Crippen LogP contribution in [0.25, 0.3) is 0 Å². The summed E-state index contributed by atoms with van der Waals surface area (Å²) in [5, 5.41) is 0. The number of rotatable bonds is 7. The molecule has 1 heterocycles. The number of carbonyl (C=O) groups is 2. The number of aryl methyl sites for hydroxylation is 3. The van der Waals surface area contributed by atoms with Crippen LogP contribution < -0.4 is 15.6 Å². The Bertz CT molecular complexity index is 740. The molecule has 2 rings (SSSR count). The number of benzene rings is 1. The van der Waals surface area contributed by atoms with E-state index in [0.717, 1.165) is 24.8 Å². The molecule has 134 valence electrons. The van der Waals surface area contributed by atoms with Crippen LogP contribution in [-0.2, 0) is 17.6 Å². The molecule has 0 bridgehead atoms. The van der Waals surface area contributed by atoms with Crippen molar-refractivity contribution in [2.75, 3.05) is 6.61 Å². The lowest BCUT2D eigenvalue weighted by Gasteiger charge is -2.08. The number of hydrogen-bond acceptors (Lipinski definition) is 4. The fourth-order valence-electron chi connectivity index (χ4n) is 2.39. The molecule has 0 saturated heterocycles. The Morgan fingerprint density at radius 2 is 1.96 bits per heavy atom. The fourth-order valence-corrected chi connectivity index (χ4v) is 3.65. The van der Waals surface area contributed by atoms with Crippen LogP contribution in [0.5, 0.6) is 5.75 Å². The standard InChI is InChI=1S/C19H24N2O3S/c1-4-7-16-14(5-2)11-17(25-16)19(23)21-20-18(22)12-24-15-9-6-8-13(3)10-15/h6,8-11H,4-5,7,12H2,1-3H3,(H,20,22)(H,21,23). The molecule has 0 spiro atoms. The van der Waals surface area contributed by atoms with E-state index in [1.165, 1.54) is 21.8 Å². The zero-order valence-electron chi connectivity index (χ0n) is 14.8. The van der Waals surface area contributed by atoms with Gasteiger partial charge < -0.3 is 4.74 Å². The van der Waals surface area contributed by atoms with Crippen molar-refractivity contribution in [1.29, 1.82) is 0 Å². The molecule has 0 radical (unpaired) electrons. The summed E-state index contributed by atoms with van der Waals surface area (Å²) in [5.74, 6) is -0.0848. The molecule has 0 fully saturated rings. The summed E-state index contributed by atoms with van der Waals surface area (Å²) in [6, 6.07) is 9.34. The Balaban J connectivity index is 1.83. The lowest BCUT2D eigenvalue weighted by molar-refractivity contribution is -0.123. The first kappa shape index (κ1) is 19.0. The van der Waals surface area contributed by atoms with Gasteiger partial charge >= 0.3 is 0 Å². The Morgan fingerprint density at radius 3 is 2.64 bits per heavy atom. The fraction of sp³-hybridized carbons (Fsp3) is 0.368. The van der Waals surface area contributed by atoms with Crippen LogP contribution in [0.2, 0.25) is 0 Å². The molecule has 1 aromatic carbocycles. The van der Waals surface area contributed by atoms with Crippen molar-refractivity contribution in [3.05, 3.63) is 51.2 Å². The molecule has 0 saturated carbocycles. The van der Waals surface area contributed by atoms with E-state index in [1.54, 1.807) is 6.07 Å². The highest BCUT2D eigenvalue weighted by Crippen LogP contribution is 2.24. The Labute approximate surface area is 152 Å². The molecule has 0 atom stereocenters. The number of amides is 2. The zero-order valence-corrected chi connectivity index (χ0v) is 15.7. The average Bonchev–Trinajstić information content (AvgIpc) is 3.01. The first-order valence-electron chi connectivity index (χ1n) is 8.43. The topological polar surface area (TPSA) is 67.4 Å². The zero-order chi connectivity index (χ0) is 18.2. The van der Waals surface area contributed by atoms with Crippen LogP contribution in [0.4, 0.5) is 0 Å². The molecule has 2 N–H and O–H groups in total. The SMILES string of the molecule is CCCc1sc(C(=O)NNC(=O)COc2cccc(C)c2)cc1CC. The van der Waals surface area contributed by atoms with Crippen molar-refractivity contribution in [1.82, 2.24) is 10.9 Å². The molecule has 1 aromatic heterocycles. The van der Waals surface area contributed by atoms with Crippen LogP contribution in [-0.4, -0.2) is 18.4 Å². The molecule has 6 heteroatoms. The van der Waals surface area contributed by atoms with Crippen molar-refractivity contribution in [2.45, 2.75) is 40.0 Å². The maximum atomic E-state index is 12.2. The molecule has 2 amide bonds. The van der Waals surface area contributed by atoms with Crippen LogP contribution >= 0.6 is 11.3 Å². The van der Waals surface area contributed by atoms with Gasteiger partial charge in [0.05, 0.1) is 4.88 Å². The highest BCUT2D eigenvalue weighted by atomic mass is 32.1. The summed E-state index contributed by atoms with van der Waals surface area (Å²) in [5.41, 5.74) is 7.09. The van der Waals surface area contributed by atoms with E-state index in [9.17, 15) is 9.59 Å². The molecule has 25 heavy (non-hydrogen) atoms. The van der Waals surface area contributed by atoms with Gasteiger partial charge in [-0.3, -0.25) is 20.4 Å². The predicted octanol–water partition coefficient (Wildman–Crippen LogP) is 3.41. The lowest BCUT2D eigenvalue weighted by Crippen LogP contribution is -2.43. The van der Waals surface area contributed by atoms with E-state index in [2.05, 4.69) is 24.7 Å². The molecular weight excluding hydrogens is 336 g/mol. The number of nitrogens with one attached hydrogen (secondary N) is 2. The summed E-state index contributed by atoms with van der Waals surface area (Å²) < 4.78 is 5.40. The number of carbonyl (C=O) groups excluding carboxylic acids is 2. The summed E-state index contributed by atoms with van der Waals surface area (Å²) >= 11 is 1.49. The second-order valence-corrected chi connectivity index (χ2v) is 6.91. The molecule has 2 aromatic rings. The maximum absolute atomic E-state index is 12.2. The van der Waals surface area contributed by atoms with Crippen molar-refractivity contribution in [2.24, 2.45) is 0 Å². The Kier molecular flexibility index (Phi) is 7.01. The molecule has 0 aliphatic heterocycles. The summed E-state index contributed by atoms with van der Waals surface area (Å²) in [6.07, 6.45) is 2.91. The van der Waals surface area contributed by atoms with E-state index < -0.39 is 5.91 Å². The third-order valence-electron chi connectivity index (χ3n) is 3.65. The van der Waals surface area contributed by atoms with E-state index in [0.29, 0.717) is 10.6 Å². The summed E-state index contributed by atoms with van der Waals surface area (Å²) in [6.45, 7) is 5.99. The van der Waals surface area contributed by atoms with Gasteiger partial charge in [0.1, 0.15) is 5.75 Å². The van der Waals surface area contributed by atoms with Gasteiger partial charge in [0.15, 0.2) is 6.61 Å². The van der Waals surface area contributed by atoms with Gasteiger partial charge in [0.25, 0.3) is 11.8 Å².